The van der Waals surface area contributed by atoms with Crippen LogP contribution in [0.3, 0.4) is 0 Å². The molecule has 10 heteroatoms. The average molecular weight is 556 g/mol. The summed E-state index contributed by atoms with van der Waals surface area (Å²) in [4.78, 5) is 20.9. The highest BCUT2D eigenvalue weighted by Gasteiger charge is 2.31. The third-order valence-electron chi connectivity index (χ3n) is 6.29. The summed E-state index contributed by atoms with van der Waals surface area (Å²) in [7, 11) is -4.46. The molecule has 4 rings (SSSR count). The van der Waals surface area contributed by atoms with Gasteiger partial charge < -0.3 is 5.11 Å². The molecular formula is C28H27ClFN3O4S. The lowest BCUT2D eigenvalue weighted by molar-refractivity contribution is 0.406. The second kappa shape index (κ2) is 11.4. The molecule has 1 unspecified atom stereocenters. The predicted octanol–water partition coefficient (Wildman–Crippen LogP) is 5.98. The zero-order chi connectivity index (χ0) is 27.4. The second-order valence-electron chi connectivity index (χ2n) is 8.86. The van der Waals surface area contributed by atoms with E-state index in [4.69, 9.17) is 11.6 Å². The van der Waals surface area contributed by atoms with E-state index in [1.165, 1.54) is 41.1 Å². The molecule has 0 bridgehead atoms. The number of aryl methyl sites for hydroxylation is 1. The van der Waals surface area contributed by atoms with Gasteiger partial charge in [-0.15, -0.1) is 0 Å². The number of sulfone groups is 1. The Morgan fingerprint density at radius 2 is 1.79 bits per heavy atom. The van der Waals surface area contributed by atoms with Crippen LogP contribution in [0.1, 0.15) is 50.5 Å². The van der Waals surface area contributed by atoms with E-state index in [1.807, 2.05) is 19.9 Å². The van der Waals surface area contributed by atoms with Crippen LogP contribution in [0.15, 0.2) is 81.6 Å². The van der Waals surface area contributed by atoms with Crippen molar-refractivity contribution in [1.29, 1.82) is 0 Å². The Balaban J connectivity index is 1.86. The molecule has 2 aromatic heterocycles. The fraction of sp³-hybridized carbons (Fsp3) is 0.250. The monoisotopic (exact) mass is 555 g/mol. The molecule has 0 aliphatic carbocycles. The molecule has 7 nitrogen and oxygen atoms in total. The molecular weight excluding hydrogens is 529 g/mol. The van der Waals surface area contributed by atoms with Crippen molar-refractivity contribution in [3.63, 3.8) is 0 Å². The van der Waals surface area contributed by atoms with Gasteiger partial charge >= 0.3 is 0 Å². The van der Waals surface area contributed by atoms with Gasteiger partial charge in [-0.05, 0) is 54.3 Å². The van der Waals surface area contributed by atoms with Gasteiger partial charge in [0.15, 0.2) is 4.90 Å². The molecule has 0 aliphatic heterocycles. The Morgan fingerprint density at radius 3 is 2.42 bits per heavy atom. The van der Waals surface area contributed by atoms with Crippen LogP contribution in [-0.4, -0.2) is 28.1 Å². The highest BCUT2D eigenvalue weighted by molar-refractivity contribution is 7.91. The van der Waals surface area contributed by atoms with Crippen molar-refractivity contribution >= 4 is 21.4 Å². The van der Waals surface area contributed by atoms with E-state index in [1.54, 1.807) is 18.2 Å². The number of aromatic hydroxyl groups is 1. The molecule has 0 spiro atoms. The summed E-state index contributed by atoms with van der Waals surface area (Å²) in [6.07, 6.45) is 4.88. The minimum Gasteiger partial charge on any atom is -0.492 e. The van der Waals surface area contributed by atoms with Crippen LogP contribution in [0, 0.1) is 5.82 Å². The zero-order valence-electron chi connectivity index (χ0n) is 20.9. The van der Waals surface area contributed by atoms with Crippen LogP contribution in [0.2, 0.25) is 5.02 Å². The maximum absolute atomic E-state index is 13.9. The molecule has 0 fully saturated rings. The SMILES string of the molecule is CCCCc1nc(O)c(S(=O)(=O)c2ccc(-c3cncc(F)c3)cc2)c(=O)n1C(CC)c1cccc(Cl)c1. The number of nitrogens with zero attached hydrogens (tertiary/aromatic N) is 3. The fourth-order valence-electron chi connectivity index (χ4n) is 4.41. The van der Waals surface area contributed by atoms with Crippen LogP contribution in [0.25, 0.3) is 11.1 Å². The summed E-state index contributed by atoms with van der Waals surface area (Å²) in [5.41, 5.74) is 0.878. The Morgan fingerprint density at radius 1 is 1.05 bits per heavy atom. The second-order valence-corrected chi connectivity index (χ2v) is 11.2. The van der Waals surface area contributed by atoms with Crippen LogP contribution in [0.5, 0.6) is 5.88 Å². The fourth-order valence-corrected chi connectivity index (χ4v) is 5.96. The number of aromatic nitrogens is 3. The quantitative estimate of drug-likeness (QED) is 0.273. The summed E-state index contributed by atoms with van der Waals surface area (Å²) in [6.45, 7) is 3.86. The van der Waals surface area contributed by atoms with Crippen molar-refractivity contribution in [2.24, 2.45) is 0 Å². The number of pyridine rings is 1. The Bertz CT molecular complexity index is 1620. The average Bonchev–Trinajstić information content (AvgIpc) is 2.89. The number of rotatable bonds is 9. The highest BCUT2D eigenvalue weighted by atomic mass is 35.5. The number of hydrogen-bond donors (Lipinski definition) is 1. The van der Waals surface area contributed by atoms with Gasteiger partial charge in [0.1, 0.15) is 11.6 Å². The highest BCUT2D eigenvalue weighted by Crippen LogP contribution is 2.30. The van der Waals surface area contributed by atoms with E-state index in [-0.39, 0.29) is 4.90 Å². The molecule has 0 saturated heterocycles. The van der Waals surface area contributed by atoms with Gasteiger partial charge in [-0.3, -0.25) is 14.3 Å². The Labute approximate surface area is 225 Å². The number of halogens is 2. The molecule has 38 heavy (non-hydrogen) atoms. The van der Waals surface area contributed by atoms with Crippen LogP contribution >= 0.6 is 11.6 Å². The van der Waals surface area contributed by atoms with E-state index in [9.17, 15) is 22.7 Å². The first-order valence-corrected chi connectivity index (χ1v) is 14.1. The predicted molar refractivity (Wildman–Crippen MR) is 144 cm³/mol. The smallest absolute Gasteiger partial charge is 0.277 e. The lowest BCUT2D eigenvalue weighted by Crippen LogP contribution is -2.33. The van der Waals surface area contributed by atoms with Gasteiger partial charge in [-0.2, -0.15) is 4.98 Å². The maximum atomic E-state index is 13.9. The summed E-state index contributed by atoms with van der Waals surface area (Å²) in [5.74, 6) is -1.06. The van der Waals surface area contributed by atoms with E-state index < -0.39 is 38.0 Å². The van der Waals surface area contributed by atoms with Crippen LogP contribution in [-0.2, 0) is 16.3 Å². The molecule has 0 amide bonds. The van der Waals surface area contributed by atoms with Crippen molar-refractivity contribution in [1.82, 2.24) is 14.5 Å². The molecule has 2 heterocycles. The van der Waals surface area contributed by atoms with Crippen LogP contribution in [0.4, 0.5) is 4.39 Å². The van der Waals surface area contributed by atoms with Gasteiger partial charge in [0.2, 0.25) is 15.7 Å². The first-order valence-electron chi connectivity index (χ1n) is 12.2. The minimum absolute atomic E-state index is 0.205. The Hall–Kier alpha value is -3.56. The summed E-state index contributed by atoms with van der Waals surface area (Å²) < 4.78 is 42.2. The van der Waals surface area contributed by atoms with E-state index in [0.717, 1.165) is 18.2 Å². The van der Waals surface area contributed by atoms with Gasteiger partial charge in [0.25, 0.3) is 5.56 Å². The van der Waals surface area contributed by atoms with E-state index >= 15 is 0 Å². The molecule has 0 radical (unpaired) electrons. The molecule has 1 atom stereocenters. The third kappa shape index (κ3) is 5.49. The number of benzene rings is 2. The van der Waals surface area contributed by atoms with Crippen molar-refractivity contribution in [2.45, 2.75) is 55.4 Å². The summed E-state index contributed by atoms with van der Waals surface area (Å²) in [5, 5.41) is 11.2. The molecule has 1 N–H and O–H groups in total. The topological polar surface area (TPSA) is 102 Å². The summed E-state index contributed by atoms with van der Waals surface area (Å²) >= 11 is 6.21. The Kier molecular flexibility index (Phi) is 8.28. The van der Waals surface area contributed by atoms with Gasteiger partial charge in [-0.25, -0.2) is 12.8 Å². The maximum Gasteiger partial charge on any atom is 0.277 e. The standard InChI is InChI=1S/C28H27ClFN3O4S/c1-3-5-9-25-32-27(34)26(28(35)33(25)24(4-2)19-7-6-8-21(29)14-19)38(36,37)23-12-10-18(11-13-23)20-15-22(30)17-31-16-20/h6-8,10-17,24,34H,3-5,9H2,1-2H3. The zero-order valence-corrected chi connectivity index (χ0v) is 22.5. The van der Waals surface area contributed by atoms with E-state index in [0.29, 0.717) is 41.2 Å². The number of unbranched alkanes of at least 4 members (excludes halogenated alkanes) is 1. The third-order valence-corrected chi connectivity index (χ3v) is 8.31. The molecule has 4 aromatic rings. The van der Waals surface area contributed by atoms with Gasteiger partial charge in [0.05, 0.1) is 17.1 Å². The first-order chi connectivity index (χ1) is 18.2. The normalized spacial score (nSPS) is 12.4. The summed E-state index contributed by atoms with van der Waals surface area (Å²) in [6, 6.07) is 13.3. The lowest BCUT2D eigenvalue weighted by atomic mass is 10.0. The van der Waals surface area contributed by atoms with Crippen molar-refractivity contribution in [3.8, 4) is 17.0 Å². The van der Waals surface area contributed by atoms with Crippen molar-refractivity contribution in [3.05, 3.63) is 99.6 Å². The lowest BCUT2D eigenvalue weighted by Gasteiger charge is -2.23. The van der Waals surface area contributed by atoms with Gasteiger partial charge in [-0.1, -0.05) is 56.1 Å². The van der Waals surface area contributed by atoms with Crippen molar-refractivity contribution in [2.75, 3.05) is 0 Å². The number of hydrogen-bond acceptors (Lipinski definition) is 6. The molecule has 198 valence electrons. The van der Waals surface area contributed by atoms with Gasteiger partial charge in [0, 0.05) is 23.2 Å². The first kappa shape index (κ1) is 27.5. The minimum atomic E-state index is -4.46. The van der Waals surface area contributed by atoms with E-state index in [2.05, 4.69) is 9.97 Å². The molecule has 2 aromatic carbocycles. The molecule has 0 saturated carbocycles. The molecule has 0 aliphatic rings. The van der Waals surface area contributed by atoms with Crippen LogP contribution < -0.4 is 5.56 Å². The van der Waals surface area contributed by atoms with Crippen molar-refractivity contribution < 1.29 is 17.9 Å². The largest absolute Gasteiger partial charge is 0.492 e.